The van der Waals surface area contributed by atoms with E-state index in [1.165, 1.54) is 12.1 Å². The highest BCUT2D eigenvalue weighted by Crippen LogP contribution is 2.19. The largest absolute Gasteiger partial charge is 0.361 e. The number of carbonyl (C=O) groups is 3. The third-order valence-corrected chi connectivity index (χ3v) is 6.15. The summed E-state index contributed by atoms with van der Waals surface area (Å²) in [5, 5.41) is 2.37. The van der Waals surface area contributed by atoms with Crippen molar-refractivity contribution in [1.29, 1.82) is 0 Å². The Balaban J connectivity index is 2.17. The Kier molecular flexibility index (Phi) is 8.48. The molecule has 1 heterocycles. The van der Waals surface area contributed by atoms with Crippen LogP contribution in [0.25, 0.3) is 0 Å². The Morgan fingerprint density at radius 2 is 1.93 bits per heavy atom. The van der Waals surface area contributed by atoms with E-state index < -0.39 is 39.5 Å². The second-order valence-corrected chi connectivity index (χ2v) is 9.26. The molecule has 0 bridgehead atoms. The fourth-order valence-corrected chi connectivity index (χ4v) is 4.43. The predicted molar refractivity (Wildman–Crippen MR) is 106 cm³/mol. The van der Waals surface area contributed by atoms with Gasteiger partial charge in [0.25, 0.3) is 5.91 Å². The summed E-state index contributed by atoms with van der Waals surface area (Å²) in [4.78, 5) is 37.3. The fourth-order valence-electron chi connectivity index (χ4n) is 3.18. The second-order valence-electron chi connectivity index (χ2n) is 7.55. The smallest absolute Gasteiger partial charge is 0.289 e. The van der Waals surface area contributed by atoms with Gasteiger partial charge >= 0.3 is 0 Å². The molecule has 1 fully saturated rings. The first-order chi connectivity index (χ1) is 13.7. The molecule has 2 atom stereocenters. The highest BCUT2D eigenvalue weighted by atomic mass is 32.2. The lowest BCUT2D eigenvalue weighted by Gasteiger charge is -2.22. The number of ketones is 2. The zero-order valence-corrected chi connectivity index (χ0v) is 17.5. The fraction of sp³-hybridized carbons (Fsp3) is 0.550. The molecule has 2 rings (SSSR count). The van der Waals surface area contributed by atoms with Gasteiger partial charge in [-0.2, -0.15) is 0 Å². The number of carbonyl (C=O) groups excluding carboxylic acids is 3. The zero-order chi connectivity index (χ0) is 21.4. The molecule has 0 radical (unpaired) electrons. The topological polar surface area (TPSA) is 119 Å². The Bertz CT molecular complexity index is 823. The summed E-state index contributed by atoms with van der Waals surface area (Å²) in [6, 6.07) is 6.83. The molecular weight excluding hydrogens is 396 g/mol. The molecule has 9 heteroatoms. The average molecular weight is 425 g/mol. The summed E-state index contributed by atoms with van der Waals surface area (Å²) < 4.78 is 33.0. The van der Waals surface area contributed by atoms with Gasteiger partial charge in [-0.15, -0.1) is 0 Å². The van der Waals surface area contributed by atoms with Crippen LogP contribution < -0.4 is 10.0 Å². The van der Waals surface area contributed by atoms with Gasteiger partial charge in [0, 0.05) is 18.9 Å². The maximum Gasteiger partial charge on any atom is 0.289 e. The third kappa shape index (κ3) is 7.02. The molecule has 0 spiro atoms. The van der Waals surface area contributed by atoms with Gasteiger partial charge in [-0.25, -0.2) is 13.1 Å². The number of Topliss-reactive ketones (excluding diaryl/α,β-unsaturated/α-hetero) is 2. The molecule has 0 aromatic heterocycles. The molecule has 160 valence electrons. The Labute approximate surface area is 171 Å². The number of rotatable bonds is 8. The molecule has 1 amide bonds. The van der Waals surface area contributed by atoms with Crippen molar-refractivity contribution < 1.29 is 27.5 Å². The van der Waals surface area contributed by atoms with Gasteiger partial charge in [-0.1, -0.05) is 32.0 Å². The van der Waals surface area contributed by atoms with E-state index in [1.54, 1.807) is 18.2 Å². The molecule has 1 saturated heterocycles. The minimum Gasteiger partial charge on any atom is -0.361 e. The normalized spacial score (nSPS) is 19.8. The van der Waals surface area contributed by atoms with Gasteiger partial charge < -0.3 is 10.1 Å². The Morgan fingerprint density at radius 3 is 2.59 bits per heavy atom. The minimum atomic E-state index is -3.89. The van der Waals surface area contributed by atoms with Crippen molar-refractivity contribution >= 4 is 27.5 Å². The number of ether oxygens (including phenoxy) is 1. The van der Waals surface area contributed by atoms with Crippen LogP contribution in [0.4, 0.5) is 0 Å². The standard InChI is InChI=1S/C20H28N2O6S/c1-14(2)11-17(22-29(26,27)16-8-4-3-5-9-16)18(23)12-15-7-6-10-28-13-21-20(25)19(15)24/h3-5,8-9,14-15,17,22H,6-7,10-13H2,1-2H3,(H,21,25). The molecule has 2 unspecified atom stereocenters. The summed E-state index contributed by atoms with van der Waals surface area (Å²) in [5.74, 6) is -2.59. The Morgan fingerprint density at radius 1 is 1.24 bits per heavy atom. The zero-order valence-electron chi connectivity index (χ0n) is 16.7. The molecule has 0 aliphatic carbocycles. The number of hydrogen-bond acceptors (Lipinski definition) is 6. The van der Waals surface area contributed by atoms with E-state index in [-0.39, 0.29) is 24.0 Å². The van der Waals surface area contributed by atoms with Crippen molar-refractivity contribution in [3.8, 4) is 0 Å². The first-order valence-electron chi connectivity index (χ1n) is 9.70. The summed E-state index contributed by atoms with van der Waals surface area (Å²) >= 11 is 0. The average Bonchev–Trinajstić information content (AvgIpc) is 2.74. The molecule has 1 aromatic rings. The highest BCUT2D eigenvalue weighted by Gasteiger charge is 2.32. The van der Waals surface area contributed by atoms with Gasteiger partial charge in [-0.3, -0.25) is 14.4 Å². The predicted octanol–water partition coefficient (Wildman–Crippen LogP) is 1.41. The summed E-state index contributed by atoms with van der Waals surface area (Å²) in [7, 11) is -3.89. The lowest BCUT2D eigenvalue weighted by Crippen LogP contribution is -2.43. The number of hydrogen-bond donors (Lipinski definition) is 2. The molecule has 2 N–H and O–H groups in total. The van der Waals surface area contributed by atoms with Gasteiger partial charge in [0.1, 0.15) is 6.73 Å². The number of nitrogens with one attached hydrogen (secondary N) is 2. The molecule has 8 nitrogen and oxygen atoms in total. The monoisotopic (exact) mass is 424 g/mol. The van der Waals surface area contributed by atoms with Crippen LogP contribution in [0.1, 0.15) is 39.5 Å². The van der Waals surface area contributed by atoms with E-state index in [4.69, 9.17) is 4.74 Å². The Hall–Kier alpha value is -2.10. The lowest BCUT2D eigenvalue weighted by molar-refractivity contribution is -0.141. The van der Waals surface area contributed by atoms with Crippen LogP contribution in [-0.4, -0.2) is 45.3 Å². The minimum absolute atomic E-state index is 0.0436. The molecule has 0 saturated carbocycles. The van der Waals surface area contributed by atoms with E-state index >= 15 is 0 Å². The maximum absolute atomic E-state index is 13.0. The first-order valence-corrected chi connectivity index (χ1v) is 11.2. The quantitative estimate of drug-likeness (QED) is 0.609. The number of benzene rings is 1. The van der Waals surface area contributed by atoms with E-state index in [0.717, 1.165) is 0 Å². The highest BCUT2D eigenvalue weighted by molar-refractivity contribution is 7.89. The van der Waals surface area contributed by atoms with E-state index in [0.29, 0.717) is 25.9 Å². The molecule has 1 aliphatic heterocycles. The molecule has 1 aliphatic rings. The lowest BCUT2D eigenvalue weighted by atomic mass is 9.88. The van der Waals surface area contributed by atoms with Gasteiger partial charge in [0.2, 0.25) is 15.8 Å². The van der Waals surface area contributed by atoms with Crippen LogP contribution in [0.5, 0.6) is 0 Å². The van der Waals surface area contributed by atoms with Crippen LogP contribution in [0, 0.1) is 11.8 Å². The molecular formula is C20H28N2O6S. The molecule has 1 aromatic carbocycles. The summed E-state index contributed by atoms with van der Waals surface area (Å²) in [6.07, 6.45) is 0.961. The van der Waals surface area contributed by atoms with Crippen molar-refractivity contribution in [2.24, 2.45) is 11.8 Å². The van der Waals surface area contributed by atoms with Gasteiger partial charge in [-0.05, 0) is 37.3 Å². The SMILES string of the molecule is CC(C)CC(NS(=O)(=O)c1ccccc1)C(=O)CC1CCCOCNC(=O)C1=O. The van der Waals surface area contributed by atoms with Crippen LogP contribution in [0.3, 0.4) is 0 Å². The van der Waals surface area contributed by atoms with Crippen LogP contribution >= 0.6 is 0 Å². The molecule has 29 heavy (non-hydrogen) atoms. The van der Waals surface area contributed by atoms with Crippen LogP contribution in [-0.2, 0) is 29.1 Å². The van der Waals surface area contributed by atoms with Crippen molar-refractivity contribution in [3.05, 3.63) is 30.3 Å². The first kappa shape index (κ1) is 23.2. The van der Waals surface area contributed by atoms with Crippen molar-refractivity contribution in [2.45, 2.75) is 50.5 Å². The van der Waals surface area contributed by atoms with Gasteiger partial charge in [0.05, 0.1) is 10.9 Å². The van der Waals surface area contributed by atoms with Crippen LogP contribution in [0.15, 0.2) is 35.2 Å². The summed E-state index contributed by atoms with van der Waals surface area (Å²) in [5.41, 5.74) is 0. The second kappa shape index (κ2) is 10.6. The van der Waals surface area contributed by atoms with E-state index in [2.05, 4.69) is 10.0 Å². The maximum atomic E-state index is 13.0. The third-order valence-electron chi connectivity index (χ3n) is 4.66. The number of sulfonamides is 1. The van der Waals surface area contributed by atoms with Crippen LogP contribution in [0.2, 0.25) is 0 Å². The van der Waals surface area contributed by atoms with E-state index in [9.17, 15) is 22.8 Å². The number of amides is 1. The van der Waals surface area contributed by atoms with E-state index in [1.807, 2.05) is 13.8 Å². The van der Waals surface area contributed by atoms with Crippen molar-refractivity contribution in [2.75, 3.05) is 13.3 Å². The summed E-state index contributed by atoms with van der Waals surface area (Å²) in [6.45, 7) is 4.09. The van der Waals surface area contributed by atoms with Crippen molar-refractivity contribution in [3.63, 3.8) is 0 Å². The van der Waals surface area contributed by atoms with Crippen molar-refractivity contribution in [1.82, 2.24) is 10.0 Å². The van der Waals surface area contributed by atoms with Gasteiger partial charge in [0.15, 0.2) is 5.78 Å².